The average molecular weight is 237 g/mol. The first-order chi connectivity index (χ1) is 8.02. The molecule has 0 saturated carbocycles. The molecule has 0 aliphatic rings. The molecule has 17 heavy (non-hydrogen) atoms. The van der Waals surface area contributed by atoms with Crippen molar-refractivity contribution in [2.45, 2.75) is 26.5 Å². The van der Waals surface area contributed by atoms with E-state index in [4.69, 9.17) is 4.74 Å². The van der Waals surface area contributed by atoms with E-state index >= 15 is 0 Å². The molecule has 0 heterocycles. The lowest BCUT2D eigenvalue weighted by Crippen LogP contribution is -2.35. The lowest BCUT2D eigenvalue weighted by atomic mass is 10.1. The quantitative estimate of drug-likeness (QED) is 0.446. The van der Waals surface area contributed by atoms with Crippen LogP contribution in [-0.4, -0.2) is 16.9 Å². The number of nitro groups is 1. The molecule has 1 atom stereocenters. The van der Waals surface area contributed by atoms with Gasteiger partial charge in [0.05, 0.1) is 0 Å². The number of hydrogen-bond acceptors (Lipinski definition) is 4. The minimum absolute atomic E-state index is 0.0662. The third-order valence-electron chi connectivity index (χ3n) is 2.32. The molecule has 0 aliphatic carbocycles. The van der Waals surface area contributed by atoms with Crippen LogP contribution < -0.4 is 0 Å². The van der Waals surface area contributed by atoms with Crippen molar-refractivity contribution in [1.82, 2.24) is 0 Å². The van der Waals surface area contributed by atoms with Gasteiger partial charge in [0.1, 0.15) is 6.61 Å². The van der Waals surface area contributed by atoms with Gasteiger partial charge >= 0.3 is 12.0 Å². The van der Waals surface area contributed by atoms with Crippen molar-refractivity contribution >= 4 is 5.97 Å². The summed E-state index contributed by atoms with van der Waals surface area (Å²) in [5.41, 5.74) is 0.812. The predicted molar refractivity (Wildman–Crippen MR) is 61.9 cm³/mol. The maximum atomic E-state index is 11.5. The van der Waals surface area contributed by atoms with Crippen LogP contribution in [0.15, 0.2) is 30.3 Å². The fraction of sp³-hybridized carbons (Fsp3) is 0.417. The number of hydrogen-bond donors (Lipinski definition) is 0. The van der Waals surface area contributed by atoms with Crippen molar-refractivity contribution in [3.63, 3.8) is 0 Å². The zero-order valence-corrected chi connectivity index (χ0v) is 9.83. The van der Waals surface area contributed by atoms with Crippen molar-refractivity contribution in [1.29, 1.82) is 0 Å². The van der Waals surface area contributed by atoms with Crippen LogP contribution in [0.25, 0.3) is 0 Å². The fourth-order valence-electron chi connectivity index (χ4n) is 1.42. The highest BCUT2D eigenvalue weighted by Gasteiger charge is 2.34. The summed E-state index contributed by atoms with van der Waals surface area (Å²) in [5, 5.41) is 10.7. The van der Waals surface area contributed by atoms with E-state index in [-0.39, 0.29) is 12.5 Å². The van der Waals surface area contributed by atoms with E-state index in [1.807, 2.05) is 18.2 Å². The molecule has 0 amide bonds. The first-order valence-corrected chi connectivity index (χ1v) is 5.36. The van der Waals surface area contributed by atoms with Gasteiger partial charge in [0.2, 0.25) is 0 Å². The molecule has 1 unspecified atom stereocenters. The van der Waals surface area contributed by atoms with Crippen molar-refractivity contribution in [2.75, 3.05) is 0 Å². The van der Waals surface area contributed by atoms with E-state index in [0.717, 1.165) is 5.56 Å². The smallest absolute Gasteiger partial charge is 0.382 e. The molecule has 0 spiro atoms. The summed E-state index contributed by atoms with van der Waals surface area (Å²) in [5.74, 6) is -1.16. The fourth-order valence-corrected chi connectivity index (χ4v) is 1.42. The Labute approximate surface area is 99.5 Å². The van der Waals surface area contributed by atoms with Gasteiger partial charge in [-0.05, 0) is 5.56 Å². The van der Waals surface area contributed by atoms with E-state index in [0.29, 0.717) is 0 Å². The van der Waals surface area contributed by atoms with E-state index in [1.165, 1.54) is 0 Å². The number of nitrogens with zero attached hydrogens (tertiary/aromatic N) is 1. The number of carbonyl (C=O) groups is 1. The lowest BCUT2D eigenvalue weighted by molar-refractivity contribution is -0.518. The Balaban J connectivity index is 2.57. The van der Waals surface area contributed by atoms with Gasteiger partial charge in [0.15, 0.2) is 0 Å². The van der Waals surface area contributed by atoms with Crippen LogP contribution in [0.1, 0.15) is 19.4 Å². The normalized spacial score (nSPS) is 12.2. The summed E-state index contributed by atoms with van der Waals surface area (Å²) in [6, 6.07) is 7.78. The van der Waals surface area contributed by atoms with Crippen LogP contribution >= 0.6 is 0 Å². The Morgan fingerprint density at radius 2 is 1.94 bits per heavy atom. The molecule has 1 aromatic rings. The topological polar surface area (TPSA) is 69.4 Å². The molecule has 0 aliphatic heterocycles. The minimum atomic E-state index is -1.29. The third kappa shape index (κ3) is 3.86. The largest absolute Gasteiger partial charge is 0.456 e. The van der Waals surface area contributed by atoms with Crippen LogP contribution in [0, 0.1) is 16.0 Å². The SMILES string of the molecule is CC(C)C(C(=O)OCc1ccccc1)[N+](=O)[O-]. The lowest BCUT2D eigenvalue weighted by Gasteiger charge is -2.12. The molecule has 0 bridgehead atoms. The molecule has 0 fully saturated rings. The molecule has 0 N–H and O–H groups in total. The standard InChI is InChI=1S/C12H15NO4/c1-9(2)11(13(15)16)12(14)17-8-10-6-4-3-5-7-10/h3-7,9,11H,8H2,1-2H3. The Morgan fingerprint density at radius 1 is 1.35 bits per heavy atom. The van der Waals surface area contributed by atoms with Gasteiger partial charge in [-0.15, -0.1) is 0 Å². The second-order valence-electron chi connectivity index (χ2n) is 4.07. The molecule has 0 radical (unpaired) electrons. The molecule has 5 heteroatoms. The zero-order valence-electron chi connectivity index (χ0n) is 9.83. The molecule has 92 valence electrons. The van der Waals surface area contributed by atoms with Crippen LogP contribution in [-0.2, 0) is 16.1 Å². The molecular formula is C12H15NO4. The average Bonchev–Trinajstić information content (AvgIpc) is 2.27. The number of carbonyl (C=O) groups excluding carboxylic acids is 1. The van der Waals surface area contributed by atoms with Gasteiger partial charge in [0, 0.05) is 10.8 Å². The maximum absolute atomic E-state index is 11.5. The van der Waals surface area contributed by atoms with Crippen LogP contribution in [0.2, 0.25) is 0 Å². The molecule has 5 nitrogen and oxygen atoms in total. The molecule has 0 saturated heterocycles. The highest BCUT2D eigenvalue weighted by Crippen LogP contribution is 2.09. The van der Waals surface area contributed by atoms with Crippen molar-refractivity contribution in [3.05, 3.63) is 46.0 Å². The van der Waals surface area contributed by atoms with Gasteiger partial charge in [-0.1, -0.05) is 44.2 Å². The van der Waals surface area contributed by atoms with Gasteiger partial charge in [-0.2, -0.15) is 0 Å². The molecular weight excluding hydrogens is 222 g/mol. The van der Waals surface area contributed by atoms with E-state index in [9.17, 15) is 14.9 Å². The minimum Gasteiger partial charge on any atom is -0.456 e. The van der Waals surface area contributed by atoms with Crippen molar-refractivity contribution in [2.24, 2.45) is 5.92 Å². The highest BCUT2D eigenvalue weighted by atomic mass is 16.6. The number of esters is 1. The van der Waals surface area contributed by atoms with Crippen molar-refractivity contribution in [3.8, 4) is 0 Å². The predicted octanol–water partition coefficient (Wildman–Crippen LogP) is 2.03. The van der Waals surface area contributed by atoms with Crippen LogP contribution in [0.5, 0.6) is 0 Å². The summed E-state index contributed by atoms with van der Waals surface area (Å²) in [6.45, 7) is 3.31. The molecule has 0 aromatic heterocycles. The number of ether oxygens (including phenoxy) is 1. The second-order valence-corrected chi connectivity index (χ2v) is 4.07. The first-order valence-electron chi connectivity index (χ1n) is 5.36. The Kier molecular flexibility index (Phi) is 4.63. The molecule has 1 aromatic carbocycles. The monoisotopic (exact) mass is 237 g/mol. The first kappa shape index (κ1) is 13.2. The van der Waals surface area contributed by atoms with Gasteiger partial charge in [-0.25, -0.2) is 4.79 Å². The summed E-state index contributed by atoms with van der Waals surface area (Å²) in [7, 11) is 0. The summed E-state index contributed by atoms with van der Waals surface area (Å²) >= 11 is 0. The Bertz CT molecular complexity index is 389. The summed E-state index contributed by atoms with van der Waals surface area (Å²) in [4.78, 5) is 21.6. The molecule has 1 rings (SSSR count). The van der Waals surface area contributed by atoms with Crippen LogP contribution in [0.3, 0.4) is 0 Å². The zero-order chi connectivity index (χ0) is 12.8. The van der Waals surface area contributed by atoms with Crippen molar-refractivity contribution < 1.29 is 14.5 Å². The Morgan fingerprint density at radius 3 is 2.41 bits per heavy atom. The number of benzene rings is 1. The highest BCUT2D eigenvalue weighted by molar-refractivity contribution is 5.74. The maximum Gasteiger partial charge on any atom is 0.382 e. The van der Waals surface area contributed by atoms with E-state index in [2.05, 4.69) is 0 Å². The van der Waals surface area contributed by atoms with E-state index < -0.39 is 16.9 Å². The van der Waals surface area contributed by atoms with Gasteiger partial charge in [0.25, 0.3) is 0 Å². The third-order valence-corrected chi connectivity index (χ3v) is 2.32. The summed E-state index contributed by atoms with van der Waals surface area (Å²) in [6.07, 6.45) is 0. The summed E-state index contributed by atoms with van der Waals surface area (Å²) < 4.78 is 4.93. The van der Waals surface area contributed by atoms with E-state index in [1.54, 1.807) is 26.0 Å². The van der Waals surface area contributed by atoms with Gasteiger partial charge in [-0.3, -0.25) is 10.1 Å². The van der Waals surface area contributed by atoms with Gasteiger partial charge < -0.3 is 4.74 Å². The Hall–Kier alpha value is -1.91. The van der Waals surface area contributed by atoms with Crippen LogP contribution in [0.4, 0.5) is 0 Å². The second kappa shape index (κ2) is 5.98. The number of rotatable bonds is 5.